The average molecular weight is 218 g/mol. The fraction of sp³-hybridized carbons (Fsp3) is 0.250. The molecule has 0 fully saturated rings. The number of hydrogen-bond acceptors (Lipinski definition) is 3. The second-order valence-corrected chi connectivity index (χ2v) is 4.38. The van der Waals surface area contributed by atoms with Gasteiger partial charge in [0.2, 0.25) is 0 Å². The molecular formula is C12H14N2S. The highest BCUT2D eigenvalue weighted by atomic mass is 32.1. The molecule has 0 aliphatic heterocycles. The minimum Gasteiger partial charge on any atom is -0.330 e. The third-order valence-electron chi connectivity index (χ3n) is 2.20. The molecule has 78 valence electrons. The summed E-state index contributed by atoms with van der Waals surface area (Å²) in [6, 6.07) is 10.4. The first-order chi connectivity index (χ1) is 7.38. The lowest BCUT2D eigenvalue weighted by Crippen LogP contribution is -2.02. The van der Waals surface area contributed by atoms with Crippen LogP contribution in [0.15, 0.2) is 35.7 Å². The Kier molecular flexibility index (Phi) is 3.48. The van der Waals surface area contributed by atoms with Gasteiger partial charge >= 0.3 is 0 Å². The molecule has 2 nitrogen and oxygen atoms in total. The molecule has 3 heteroatoms. The summed E-state index contributed by atoms with van der Waals surface area (Å²) < 4.78 is 0. The van der Waals surface area contributed by atoms with Gasteiger partial charge in [-0.15, -0.1) is 11.3 Å². The van der Waals surface area contributed by atoms with Crippen molar-refractivity contribution in [1.82, 2.24) is 4.98 Å². The topological polar surface area (TPSA) is 38.9 Å². The van der Waals surface area contributed by atoms with Crippen molar-refractivity contribution in [2.24, 2.45) is 5.73 Å². The molecule has 0 unspecified atom stereocenters. The number of benzene rings is 1. The maximum Gasteiger partial charge on any atom is 0.0972 e. The van der Waals surface area contributed by atoms with Crippen LogP contribution in [0.1, 0.15) is 16.3 Å². The summed E-state index contributed by atoms with van der Waals surface area (Å²) in [5.74, 6) is 0. The van der Waals surface area contributed by atoms with Crippen molar-refractivity contribution in [2.75, 3.05) is 6.54 Å². The Hall–Kier alpha value is -1.19. The van der Waals surface area contributed by atoms with E-state index in [4.69, 9.17) is 5.73 Å². The molecule has 0 saturated heterocycles. The van der Waals surface area contributed by atoms with Gasteiger partial charge in [0.15, 0.2) is 0 Å². The zero-order valence-electron chi connectivity index (χ0n) is 8.52. The van der Waals surface area contributed by atoms with Gasteiger partial charge in [-0.1, -0.05) is 30.3 Å². The fourth-order valence-corrected chi connectivity index (χ4v) is 2.33. The van der Waals surface area contributed by atoms with E-state index in [1.807, 2.05) is 6.07 Å². The summed E-state index contributed by atoms with van der Waals surface area (Å²) >= 11 is 1.72. The summed E-state index contributed by atoms with van der Waals surface area (Å²) in [6.45, 7) is 0.675. The van der Waals surface area contributed by atoms with E-state index in [1.165, 1.54) is 10.6 Å². The number of aromatic nitrogens is 1. The van der Waals surface area contributed by atoms with Crippen molar-refractivity contribution < 1.29 is 0 Å². The summed E-state index contributed by atoms with van der Waals surface area (Å²) in [6.07, 6.45) is 1.81. The van der Waals surface area contributed by atoms with Gasteiger partial charge in [-0.2, -0.15) is 0 Å². The molecule has 1 aromatic heterocycles. The van der Waals surface area contributed by atoms with Gasteiger partial charge in [0.1, 0.15) is 0 Å². The lowest BCUT2D eigenvalue weighted by atomic mass is 10.2. The molecule has 0 radical (unpaired) electrons. The first-order valence-corrected chi connectivity index (χ1v) is 5.93. The van der Waals surface area contributed by atoms with Crippen molar-refractivity contribution in [2.45, 2.75) is 12.8 Å². The Labute approximate surface area is 93.8 Å². The van der Waals surface area contributed by atoms with Crippen LogP contribution >= 0.6 is 11.3 Å². The molecule has 0 aliphatic carbocycles. The molecule has 0 saturated carbocycles. The lowest BCUT2D eigenvalue weighted by Gasteiger charge is -1.96. The van der Waals surface area contributed by atoms with Crippen molar-refractivity contribution >= 4 is 11.3 Å². The van der Waals surface area contributed by atoms with Gasteiger partial charge in [0.25, 0.3) is 0 Å². The molecular weight excluding hydrogens is 204 g/mol. The third-order valence-corrected chi connectivity index (χ3v) is 3.10. The van der Waals surface area contributed by atoms with Crippen LogP contribution in [-0.4, -0.2) is 11.5 Å². The quantitative estimate of drug-likeness (QED) is 0.854. The average Bonchev–Trinajstić information content (AvgIpc) is 2.68. The number of hydrogen-bond donors (Lipinski definition) is 1. The van der Waals surface area contributed by atoms with E-state index in [1.54, 1.807) is 11.3 Å². The summed E-state index contributed by atoms with van der Waals surface area (Å²) in [5.41, 5.74) is 7.92. The maximum atomic E-state index is 5.49. The summed E-state index contributed by atoms with van der Waals surface area (Å²) in [4.78, 5) is 4.53. The molecule has 0 bridgehead atoms. The Morgan fingerprint density at radius 2 is 2.00 bits per heavy atom. The maximum absolute atomic E-state index is 5.49. The van der Waals surface area contributed by atoms with Crippen LogP contribution < -0.4 is 5.73 Å². The van der Waals surface area contributed by atoms with Crippen LogP contribution in [0.5, 0.6) is 0 Å². The van der Waals surface area contributed by atoms with Gasteiger partial charge in [0.05, 0.1) is 10.7 Å². The standard InChI is InChI=1S/C12H14N2S/c13-7-6-11-9-15-12(14-11)8-10-4-2-1-3-5-10/h1-5,9H,6-8,13H2. The molecule has 0 spiro atoms. The Balaban J connectivity index is 2.05. The first-order valence-electron chi connectivity index (χ1n) is 5.06. The molecule has 0 amide bonds. The minimum absolute atomic E-state index is 0.675. The number of rotatable bonds is 4. The van der Waals surface area contributed by atoms with Gasteiger partial charge in [0, 0.05) is 18.2 Å². The minimum atomic E-state index is 0.675. The molecule has 0 aliphatic rings. The SMILES string of the molecule is NCCc1csc(Cc2ccccc2)n1. The molecule has 2 aromatic rings. The van der Waals surface area contributed by atoms with Gasteiger partial charge < -0.3 is 5.73 Å². The van der Waals surface area contributed by atoms with Crippen LogP contribution in [0.2, 0.25) is 0 Å². The van der Waals surface area contributed by atoms with E-state index >= 15 is 0 Å². The second-order valence-electron chi connectivity index (χ2n) is 3.43. The first kappa shape index (κ1) is 10.3. The molecule has 0 atom stereocenters. The zero-order valence-corrected chi connectivity index (χ0v) is 9.33. The highest BCUT2D eigenvalue weighted by molar-refractivity contribution is 7.09. The van der Waals surface area contributed by atoms with Crippen LogP contribution in [0.3, 0.4) is 0 Å². The van der Waals surface area contributed by atoms with Crippen molar-refractivity contribution in [3.63, 3.8) is 0 Å². The Morgan fingerprint density at radius 3 is 2.73 bits per heavy atom. The number of thiazole rings is 1. The van der Waals surface area contributed by atoms with Crippen molar-refractivity contribution in [3.05, 3.63) is 52.0 Å². The van der Waals surface area contributed by atoms with Crippen LogP contribution in [-0.2, 0) is 12.8 Å². The van der Waals surface area contributed by atoms with E-state index < -0.39 is 0 Å². The van der Waals surface area contributed by atoms with Gasteiger partial charge in [-0.25, -0.2) is 4.98 Å². The lowest BCUT2D eigenvalue weighted by molar-refractivity contribution is 0.922. The second kappa shape index (κ2) is 5.05. The van der Waals surface area contributed by atoms with Crippen LogP contribution in [0, 0.1) is 0 Å². The number of nitrogens with two attached hydrogens (primary N) is 1. The Morgan fingerprint density at radius 1 is 1.20 bits per heavy atom. The highest BCUT2D eigenvalue weighted by Crippen LogP contribution is 2.14. The Bertz CT molecular complexity index is 409. The van der Waals surface area contributed by atoms with Crippen molar-refractivity contribution in [3.8, 4) is 0 Å². The molecule has 2 rings (SSSR count). The van der Waals surface area contributed by atoms with E-state index in [2.05, 4.69) is 34.6 Å². The molecule has 1 aromatic carbocycles. The summed E-state index contributed by atoms with van der Waals surface area (Å²) in [5, 5.41) is 3.27. The fourth-order valence-electron chi connectivity index (χ4n) is 1.46. The molecule has 1 heterocycles. The van der Waals surface area contributed by atoms with E-state index in [9.17, 15) is 0 Å². The van der Waals surface area contributed by atoms with Gasteiger partial charge in [-0.3, -0.25) is 0 Å². The third kappa shape index (κ3) is 2.88. The van der Waals surface area contributed by atoms with Gasteiger partial charge in [-0.05, 0) is 12.1 Å². The predicted molar refractivity (Wildman–Crippen MR) is 64.1 cm³/mol. The zero-order chi connectivity index (χ0) is 10.5. The van der Waals surface area contributed by atoms with E-state index in [0.29, 0.717) is 6.54 Å². The summed E-state index contributed by atoms with van der Waals surface area (Å²) in [7, 11) is 0. The largest absolute Gasteiger partial charge is 0.330 e. The molecule has 2 N–H and O–H groups in total. The van der Waals surface area contributed by atoms with Crippen molar-refractivity contribution in [1.29, 1.82) is 0 Å². The van der Waals surface area contributed by atoms with Crippen LogP contribution in [0.4, 0.5) is 0 Å². The monoisotopic (exact) mass is 218 g/mol. The normalized spacial score (nSPS) is 10.5. The number of nitrogens with zero attached hydrogens (tertiary/aromatic N) is 1. The smallest absolute Gasteiger partial charge is 0.0972 e. The predicted octanol–water partition coefficient (Wildman–Crippen LogP) is 2.24. The highest BCUT2D eigenvalue weighted by Gasteiger charge is 2.01. The van der Waals surface area contributed by atoms with E-state index in [0.717, 1.165) is 18.5 Å². The van der Waals surface area contributed by atoms with E-state index in [-0.39, 0.29) is 0 Å². The molecule has 15 heavy (non-hydrogen) atoms. The van der Waals surface area contributed by atoms with Crippen LogP contribution in [0.25, 0.3) is 0 Å².